The summed E-state index contributed by atoms with van der Waals surface area (Å²) in [7, 11) is 0. The zero-order chi connectivity index (χ0) is 5.54. The largest absolute Gasteiger partial charge is 0.258 e. The molecule has 0 rings (SSSR count). The van der Waals surface area contributed by atoms with Gasteiger partial charge in [0.15, 0.2) is 0 Å². The predicted octanol–water partition coefficient (Wildman–Crippen LogP) is 0.492. The molecule has 0 aromatic carbocycles. The molecule has 0 fully saturated rings. The summed E-state index contributed by atoms with van der Waals surface area (Å²) < 4.78 is 11.2. The molecule has 52 valence electrons. The molecule has 0 saturated heterocycles. The second-order valence-electron chi connectivity index (χ2n) is 1.15. The van der Waals surface area contributed by atoms with Gasteiger partial charge in [-0.1, -0.05) is 6.92 Å². The molecule has 2 nitrogen and oxygen atoms in total. The summed E-state index contributed by atoms with van der Waals surface area (Å²) in [6.07, 6.45) is 0. The lowest BCUT2D eigenvalue weighted by Crippen LogP contribution is -2.32. The van der Waals surface area contributed by atoms with Gasteiger partial charge >= 0.3 is 0 Å². The maximum absolute atomic E-state index is 11.2. The molecule has 0 spiro atoms. The van der Waals surface area contributed by atoms with Crippen LogP contribution in [-0.2, 0) is 0 Å². The van der Waals surface area contributed by atoms with Crippen molar-refractivity contribution in [2.24, 2.45) is 0 Å². The van der Waals surface area contributed by atoms with E-state index >= 15 is 0 Å². The van der Waals surface area contributed by atoms with Crippen molar-refractivity contribution in [3.05, 3.63) is 0 Å². The highest BCUT2D eigenvalue weighted by atomic mass is 35.5. The Bertz CT molecular complexity index is 33.2. The topological polar surface area (TPSA) is 24.1 Å². The first-order valence-electron chi connectivity index (χ1n) is 2.43. The minimum absolute atomic E-state index is 0. The number of halogens is 2. The maximum Gasteiger partial charge on any atom is 0.103 e. The molecule has 0 radical (unpaired) electrons. The van der Waals surface area contributed by atoms with Crippen LogP contribution in [0.15, 0.2) is 0 Å². The van der Waals surface area contributed by atoms with Crippen LogP contribution in [0.2, 0.25) is 0 Å². The maximum atomic E-state index is 11.2. The Balaban J connectivity index is 0. The van der Waals surface area contributed by atoms with Gasteiger partial charge in [0.1, 0.15) is 6.67 Å². The highest BCUT2D eigenvalue weighted by molar-refractivity contribution is 5.85. The summed E-state index contributed by atoms with van der Waals surface area (Å²) in [5.74, 6) is 0. The molecule has 0 bridgehead atoms. The van der Waals surface area contributed by atoms with Crippen LogP contribution < -0.4 is 10.9 Å². The lowest BCUT2D eigenvalue weighted by atomic mass is 10.7. The van der Waals surface area contributed by atoms with E-state index in [2.05, 4.69) is 10.9 Å². The Morgan fingerprint density at radius 1 is 1.38 bits per heavy atom. The lowest BCUT2D eigenvalue weighted by molar-refractivity contribution is 0.436. The summed E-state index contributed by atoms with van der Waals surface area (Å²) in [6.45, 7) is 2.87. The van der Waals surface area contributed by atoms with E-state index in [1.807, 2.05) is 6.92 Å². The molecule has 2 N–H and O–H groups in total. The molecule has 0 aliphatic heterocycles. The molecule has 0 aromatic rings. The van der Waals surface area contributed by atoms with Gasteiger partial charge in [0.05, 0.1) is 0 Å². The number of hydrazine groups is 1. The van der Waals surface area contributed by atoms with Crippen molar-refractivity contribution in [3.8, 4) is 0 Å². The number of hydrogen-bond acceptors (Lipinski definition) is 2. The standard InChI is InChI=1S/C4H11FN2.ClH/c1-2-6-7-4-3-5;/h6-7H,2-4H2,1H3;1H. The summed E-state index contributed by atoms with van der Waals surface area (Å²) in [5, 5.41) is 0. The smallest absolute Gasteiger partial charge is 0.103 e. The van der Waals surface area contributed by atoms with Crippen LogP contribution in [0.4, 0.5) is 4.39 Å². The van der Waals surface area contributed by atoms with Crippen molar-refractivity contribution < 1.29 is 4.39 Å². The van der Waals surface area contributed by atoms with Crippen LogP contribution in [-0.4, -0.2) is 19.8 Å². The molecular weight excluding hydrogens is 131 g/mol. The third kappa shape index (κ3) is 9.46. The first-order valence-corrected chi connectivity index (χ1v) is 2.43. The fraction of sp³-hybridized carbons (Fsp3) is 1.00. The Hall–Kier alpha value is 0.140. The van der Waals surface area contributed by atoms with E-state index in [1.165, 1.54) is 0 Å². The summed E-state index contributed by atoms with van der Waals surface area (Å²) in [4.78, 5) is 0. The number of hydrogen-bond donors (Lipinski definition) is 2. The van der Waals surface area contributed by atoms with E-state index in [0.29, 0.717) is 6.54 Å². The summed E-state index contributed by atoms with van der Waals surface area (Å²) in [5.41, 5.74) is 5.42. The second kappa shape index (κ2) is 10.2. The van der Waals surface area contributed by atoms with E-state index in [4.69, 9.17) is 0 Å². The van der Waals surface area contributed by atoms with Crippen molar-refractivity contribution in [1.29, 1.82) is 0 Å². The zero-order valence-electron chi connectivity index (χ0n) is 4.91. The van der Waals surface area contributed by atoms with Gasteiger partial charge in [-0.3, -0.25) is 10.9 Å². The Kier molecular flexibility index (Phi) is 14.0. The first kappa shape index (κ1) is 11.0. The minimum atomic E-state index is -0.312. The molecule has 0 aliphatic carbocycles. The molecule has 0 aromatic heterocycles. The van der Waals surface area contributed by atoms with Gasteiger partial charge in [0.2, 0.25) is 0 Å². The zero-order valence-corrected chi connectivity index (χ0v) is 5.72. The number of nitrogens with one attached hydrogen (secondary N) is 2. The van der Waals surface area contributed by atoms with Crippen molar-refractivity contribution >= 4 is 12.4 Å². The normalized spacial score (nSPS) is 8.25. The molecule has 0 aliphatic rings. The molecule has 0 heterocycles. The monoisotopic (exact) mass is 142 g/mol. The van der Waals surface area contributed by atoms with Gasteiger partial charge in [-0.25, -0.2) is 4.39 Å². The van der Waals surface area contributed by atoms with Crippen LogP contribution in [0.25, 0.3) is 0 Å². The minimum Gasteiger partial charge on any atom is -0.258 e. The molecular formula is C4H12ClFN2. The molecule has 4 heteroatoms. The van der Waals surface area contributed by atoms with Crippen molar-refractivity contribution in [2.45, 2.75) is 6.92 Å². The highest BCUT2D eigenvalue weighted by Crippen LogP contribution is 1.57. The van der Waals surface area contributed by atoms with Gasteiger partial charge in [0.25, 0.3) is 0 Å². The second-order valence-corrected chi connectivity index (χ2v) is 1.15. The molecule has 0 amide bonds. The SMILES string of the molecule is CCNNCCF.Cl. The van der Waals surface area contributed by atoms with Gasteiger partial charge in [-0.05, 0) is 0 Å². The highest BCUT2D eigenvalue weighted by Gasteiger charge is 1.76. The van der Waals surface area contributed by atoms with E-state index in [-0.39, 0.29) is 19.1 Å². The number of rotatable bonds is 4. The van der Waals surface area contributed by atoms with Crippen LogP contribution in [0.3, 0.4) is 0 Å². The average Bonchev–Trinajstić information content (AvgIpc) is 1.69. The fourth-order valence-electron chi connectivity index (χ4n) is 0.261. The van der Waals surface area contributed by atoms with E-state index in [9.17, 15) is 4.39 Å². The number of alkyl halides is 1. The van der Waals surface area contributed by atoms with Crippen molar-refractivity contribution in [3.63, 3.8) is 0 Å². The summed E-state index contributed by atoms with van der Waals surface area (Å²) >= 11 is 0. The van der Waals surface area contributed by atoms with Crippen molar-refractivity contribution in [1.82, 2.24) is 10.9 Å². The van der Waals surface area contributed by atoms with Crippen LogP contribution in [0.1, 0.15) is 6.92 Å². The van der Waals surface area contributed by atoms with Gasteiger partial charge in [-0.15, -0.1) is 12.4 Å². The molecule has 0 unspecified atom stereocenters. The lowest BCUT2D eigenvalue weighted by Gasteiger charge is -1.97. The first-order chi connectivity index (χ1) is 3.41. The van der Waals surface area contributed by atoms with Crippen LogP contribution in [0.5, 0.6) is 0 Å². The Labute approximate surface area is 55.2 Å². The quantitative estimate of drug-likeness (QED) is 0.441. The molecule has 0 atom stereocenters. The Morgan fingerprint density at radius 3 is 2.38 bits per heavy atom. The Morgan fingerprint density at radius 2 is 2.00 bits per heavy atom. The van der Waals surface area contributed by atoms with E-state index in [0.717, 1.165) is 6.54 Å². The van der Waals surface area contributed by atoms with Crippen LogP contribution in [0, 0.1) is 0 Å². The third-order valence-corrected chi connectivity index (χ3v) is 0.521. The predicted molar refractivity (Wildman–Crippen MR) is 34.9 cm³/mol. The van der Waals surface area contributed by atoms with E-state index in [1.54, 1.807) is 0 Å². The van der Waals surface area contributed by atoms with Gasteiger partial charge in [-0.2, -0.15) is 0 Å². The van der Waals surface area contributed by atoms with Crippen molar-refractivity contribution in [2.75, 3.05) is 19.8 Å². The molecule has 0 saturated carbocycles. The third-order valence-electron chi connectivity index (χ3n) is 0.521. The fourth-order valence-corrected chi connectivity index (χ4v) is 0.261. The summed E-state index contributed by atoms with van der Waals surface area (Å²) in [6, 6.07) is 0. The molecule has 8 heavy (non-hydrogen) atoms. The van der Waals surface area contributed by atoms with Crippen LogP contribution >= 0.6 is 12.4 Å². The van der Waals surface area contributed by atoms with Gasteiger partial charge in [0, 0.05) is 13.1 Å². The average molecular weight is 143 g/mol. The van der Waals surface area contributed by atoms with Gasteiger partial charge < -0.3 is 0 Å². The van der Waals surface area contributed by atoms with E-state index < -0.39 is 0 Å².